The third kappa shape index (κ3) is 4.82. The number of aromatic nitrogens is 2. The summed E-state index contributed by atoms with van der Waals surface area (Å²) in [7, 11) is 0. The third-order valence-electron chi connectivity index (χ3n) is 2.85. The van der Waals surface area contributed by atoms with Crippen LogP contribution in [-0.2, 0) is 0 Å². The molecule has 0 aliphatic rings. The monoisotopic (exact) mass is 268 g/mol. The molecule has 4 nitrogen and oxygen atoms in total. The number of hydrogen-bond acceptors (Lipinski definition) is 5. The number of anilines is 1. The first kappa shape index (κ1) is 15.2. The van der Waals surface area contributed by atoms with Crippen molar-refractivity contribution in [2.24, 2.45) is 0 Å². The first-order valence-electron chi connectivity index (χ1n) is 6.40. The highest BCUT2D eigenvalue weighted by atomic mass is 32.2. The molecule has 0 unspecified atom stereocenters. The zero-order valence-electron chi connectivity index (χ0n) is 12.0. The van der Waals surface area contributed by atoms with Crippen LogP contribution in [0.25, 0.3) is 0 Å². The second-order valence-electron chi connectivity index (χ2n) is 4.80. The largest absolute Gasteiger partial charge is 0.369 e. The molecule has 1 rings (SSSR count). The van der Waals surface area contributed by atoms with E-state index in [-0.39, 0.29) is 0 Å². The number of thioether (sulfide) groups is 1. The lowest BCUT2D eigenvalue weighted by molar-refractivity contribution is 0.182. The van der Waals surface area contributed by atoms with Gasteiger partial charge in [-0.2, -0.15) is 0 Å². The van der Waals surface area contributed by atoms with Gasteiger partial charge in [0.15, 0.2) is 0 Å². The van der Waals surface area contributed by atoms with Crippen molar-refractivity contribution < 1.29 is 0 Å². The highest BCUT2D eigenvalue weighted by Gasteiger charge is 2.12. The van der Waals surface area contributed by atoms with Gasteiger partial charge in [0.05, 0.1) is 0 Å². The van der Waals surface area contributed by atoms with Crippen molar-refractivity contribution in [1.82, 2.24) is 14.9 Å². The molecular weight excluding hydrogens is 244 g/mol. The van der Waals surface area contributed by atoms with Crippen LogP contribution in [0, 0.1) is 0 Å². The Morgan fingerprint density at radius 1 is 1.22 bits per heavy atom. The summed E-state index contributed by atoms with van der Waals surface area (Å²) in [5, 5.41) is 4.35. The first-order chi connectivity index (χ1) is 8.54. The molecule has 0 aliphatic carbocycles. The smallest absolute Gasteiger partial charge is 0.130 e. The molecule has 0 aromatic carbocycles. The molecule has 0 radical (unpaired) electrons. The first-order valence-corrected chi connectivity index (χ1v) is 7.62. The van der Waals surface area contributed by atoms with Gasteiger partial charge in [-0.3, -0.25) is 4.90 Å². The quantitative estimate of drug-likeness (QED) is 0.608. The van der Waals surface area contributed by atoms with E-state index in [0.717, 1.165) is 23.9 Å². The highest BCUT2D eigenvalue weighted by molar-refractivity contribution is 7.98. The molecule has 0 fully saturated rings. The number of nitrogens with one attached hydrogen (secondary N) is 1. The van der Waals surface area contributed by atoms with Gasteiger partial charge < -0.3 is 5.32 Å². The van der Waals surface area contributed by atoms with Crippen molar-refractivity contribution in [2.75, 3.05) is 24.7 Å². The van der Waals surface area contributed by atoms with E-state index >= 15 is 0 Å². The molecule has 1 aromatic rings. The zero-order chi connectivity index (χ0) is 13.5. The molecule has 0 spiro atoms. The maximum Gasteiger partial charge on any atom is 0.130 e. The lowest BCUT2D eigenvalue weighted by atomic mass is 10.2. The second kappa shape index (κ2) is 7.59. The number of rotatable bonds is 7. The molecule has 1 N–H and O–H groups in total. The topological polar surface area (TPSA) is 41.0 Å². The van der Waals surface area contributed by atoms with Gasteiger partial charge in [0, 0.05) is 31.2 Å². The Bertz CT molecular complexity index is 347. The van der Waals surface area contributed by atoms with Crippen molar-refractivity contribution >= 4 is 17.6 Å². The normalized spacial score (nSPS) is 11.6. The van der Waals surface area contributed by atoms with Crippen molar-refractivity contribution in [2.45, 2.75) is 44.8 Å². The molecule has 0 bridgehead atoms. The summed E-state index contributed by atoms with van der Waals surface area (Å²) in [6.45, 7) is 10.9. The molecule has 102 valence electrons. The van der Waals surface area contributed by atoms with E-state index in [0.29, 0.717) is 12.1 Å². The minimum atomic E-state index is 0.568. The molecule has 1 heterocycles. The van der Waals surface area contributed by atoms with Crippen molar-refractivity contribution in [1.29, 1.82) is 0 Å². The van der Waals surface area contributed by atoms with Gasteiger partial charge in [0.1, 0.15) is 17.2 Å². The molecule has 18 heavy (non-hydrogen) atoms. The Morgan fingerprint density at radius 3 is 2.44 bits per heavy atom. The summed E-state index contributed by atoms with van der Waals surface area (Å²) in [5.74, 6) is 0.904. The summed E-state index contributed by atoms with van der Waals surface area (Å²) in [6, 6.07) is 3.12. The van der Waals surface area contributed by atoms with Crippen LogP contribution < -0.4 is 5.32 Å². The Labute approximate surface area is 115 Å². The minimum Gasteiger partial charge on any atom is -0.369 e. The predicted octanol–water partition coefficient (Wildman–Crippen LogP) is 2.73. The second-order valence-corrected chi connectivity index (χ2v) is 5.62. The predicted molar refractivity (Wildman–Crippen MR) is 79.3 cm³/mol. The summed E-state index contributed by atoms with van der Waals surface area (Å²) in [6.07, 6.45) is 3.63. The fourth-order valence-electron chi connectivity index (χ4n) is 1.97. The number of hydrogen-bond donors (Lipinski definition) is 1. The van der Waals surface area contributed by atoms with E-state index in [1.165, 1.54) is 0 Å². The minimum absolute atomic E-state index is 0.568. The van der Waals surface area contributed by atoms with E-state index in [9.17, 15) is 0 Å². The maximum absolute atomic E-state index is 4.22. The van der Waals surface area contributed by atoms with E-state index in [1.54, 1.807) is 18.1 Å². The summed E-state index contributed by atoms with van der Waals surface area (Å²) in [4.78, 5) is 10.8. The molecule has 1 aromatic heterocycles. The van der Waals surface area contributed by atoms with Crippen LogP contribution >= 0.6 is 11.8 Å². The Kier molecular flexibility index (Phi) is 6.43. The Morgan fingerprint density at radius 2 is 1.89 bits per heavy atom. The van der Waals surface area contributed by atoms with Gasteiger partial charge in [-0.05, 0) is 34.0 Å². The summed E-state index contributed by atoms with van der Waals surface area (Å²) >= 11 is 1.63. The van der Waals surface area contributed by atoms with Gasteiger partial charge in [-0.25, -0.2) is 9.97 Å². The summed E-state index contributed by atoms with van der Waals surface area (Å²) < 4.78 is 0. The van der Waals surface area contributed by atoms with Crippen LogP contribution in [0.3, 0.4) is 0 Å². The molecule has 0 aliphatic heterocycles. The number of nitrogens with zero attached hydrogens (tertiary/aromatic N) is 3. The molecule has 0 saturated carbocycles. The van der Waals surface area contributed by atoms with E-state index in [4.69, 9.17) is 0 Å². The van der Waals surface area contributed by atoms with Crippen molar-refractivity contribution in [3.8, 4) is 0 Å². The van der Waals surface area contributed by atoms with Crippen LogP contribution in [0.15, 0.2) is 17.4 Å². The molecule has 0 atom stereocenters. The van der Waals surface area contributed by atoms with Crippen LogP contribution in [0.1, 0.15) is 27.7 Å². The lowest BCUT2D eigenvalue weighted by Gasteiger charge is -2.30. The Balaban J connectivity index is 2.44. The molecule has 0 amide bonds. The van der Waals surface area contributed by atoms with Crippen LogP contribution in [0.2, 0.25) is 0 Å². The van der Waals surface area contributed by atoms with Crippen molar-refractivity contribution in [3.63, 3.8) is 0 Å². The van der Waals surface area contributed by atoms with Crippen LogP contribution in [-0.4, -0.2) is 46.3 Å². The molecule has 0 saturated heterocycles. The fraction of sp³-hybridized carbons (Fsp3) is 0.692. The van der Waals surface area contributed by atoms with E-state index < -0.39 is 0 Å². The highest BCUT2D eigenvalue weighted by Crippen LogP contribution is 2.13. The zero-order valence-corrected chi connectivity index (χ0v) is 12.8. The van der Waals surface area contributed by atoms with Gasteiger partial charge in [0.2, 0.25) is 0 Å². The third-order valence-corrected chi connectivity index (χ3v) is 3.50. The van der Waals surface area contributed by atoms with Gasteiger partial charge in [-0.15, -0.1) is 11.8 Å². The van der Waals surface area contributed by atoms with Crippen LogP contribution in [0.4, 0.5) is 5.82 Å². The SMILES string of the molecule is CSc1cc(NCCN(C(C)C)C(C)C)ncn1. The average Bonchev–Trinajstić information content (AvgIpc) is 2.34. The van der Waals surface area contributed by atoms with E-state index in [2.05, 4.69) is 47.9 Å². The van der Waals surface area contributed by atoms with Crippen molar-refractivity contribution in [3.05, 3.63) is 12.4 Å². The lowest BCUT2D eigenvalue weighted by Crippen LogP contribution is -2.40. The molecule has 5 heteroatoms. The Hall–Kier alpha value is -0.810. The average molecular weight is 268 g/mol. The van der Waals surface area contributed by atoms with Crippen LogP contribution in [0.5, 0.6) is 0 Å². The fourth-order valence-corrected chi connectivity index (χ4v) is 2.36. The standard InChI is InChI=1S/C13H24N4S/c1-10(2)17(11(3)4)7-6-14-12-8-13(18-5)16-9-15-12/h8-11H,6-7H2,1-5H3,(H,14,15,16). The van der Waals surface area contributed by atoms with Gasteiger partial charge in [0.25, 0.3) is 0 Å². The summed E-state index contributed by atoms with van der Waals surface area (Å²) in [5.41, 5.74) is 0. The maximum atomic E-state index is 4.22. The van der Waals surface area contributed by atoms with E-state index in [1.807, 2.05) is 12.3 Å². The molecular formula is C13H24N4S. The van der Waals surface area contributed by atoms with Gasteiger partial charge in [-0.1, -0.05) is 0 Å². The van der Waals surface area contributed by atoms with Gasteiger partial charge >= 0.3 is 0 Å².